The molecular weight excluding hydrogens is 184 g/mol. The predicted molar refractivity (Wildman–Crippen MR) is 57.3 cm³/mol. The van der Waals surface area contributed by atoms with E-state index in [4.69, 9.17) is 16.3 Å². The summed E-state index contributed by atoms with van der Waals surface area (Å²) in [5.41, 5.74) is 0.548. The van der Waals surface area contributed by atoms with Gasteiger partial charge in [-0.3, -0.25) is 0 Å². The Kier molecular flexibility index (Phi) is 4.54. The van der Waals surface area contributed by atoms with E-state index < -0.39 is 0 Å². The fourth-order valence-corrected chi connectivity index (χ4v) is 1.95. The van der Waals surface area contributed by atoms with Crippen LogP contribution in [0.5, 0.6) is 0 Å². The molecule has 1 fully saturated rings. The largest absolute Gasteiger partial charge is 0.378 e. The second-order valence-electron chi connectivity index (χ2n) is 4.78. The van der Waals surface area contributed by atoms with Crippen LogP contribution in [0.2, 0.25) is 0 Å². The van der Waals surface area contributed by atoms with Gasteiger partial charge in [0, 0.05) is 12.5 Å². The van der Waals surface area contributed by atoms with Crippen LogP contribution in [0.4, 0.5) is 0 Å². The van der Waals surface area contributed by atoms with Gasteiger partial charge in [-0.25, -0.2) is 0 Å². The summed E-state index contributed by atoms with van der Waals surface area (Å²) in [6, 6.07) is 0. The Morgan fingerprint density at radius 1 is 1.31 bits per heavy atom. The van der Waals surface area contributed by atoms with Gasteiger partial charge in [0.25, 0.3) is 0 Å². The molecule has 0 aromatic heterocycles. The first kappa shape index (κ1) is 11.3. The molecule has 0 radical (unpaired) electrons. The molecule has 0 aromatic rings. The van der Waals surface area contributed by atoms with Crippen molar-refractivity contribution in [1.29, 1.82) is 0 Å². The maximum absolute atomic E-state index is 5.73. The van der Waals surface area contributed by atoms with E-state index in [2.05, 4.69) is 13.8 Å². The zero-order chi connectivity index (χ0) is 9.73. The minimum atomic E-state index is 0.510. The van der Waals surface area contributed by atoms with Crippen LogP contribution in [0.25, 0.3) is 0 Å². The molecule has 0 saturated heterocycles. The van der Waals surface area contributed by atoms with Gasteiger partial charge in [0.05, 0.1) is 6.10 Å². The van der Waals surface area contributed by atoms with E-state index >= 15 is 0 Å². The first-order chi connectivity index (χ1) is 6.14. The molecule has 1 saturated carbocycles. The summed E-state index contributed by atoms with van der Waals surface area (Å²) in [4.78, 5) is 0. The average molecular weight is 205 g/mol. The van der Waals surface area contributed by atoms with Gasteiger partial charge in [-0.1, -0.05) is 13.8 Å². The molecule has 0 unspecified atom stereocenters. The summed E-state index contributed by atoms with van der Waals surface area (Å²) in [7, 11) is 0. The van der Waals surface area contributed by atoms with Gasteiger partial charge in [-0.2, -0.15) is 0 Å². The van der Waals surface area contributed by atoms with Crippen molar-refractivity contribution in [2.45, 2.75) is 52.1 Å². The molecule has 2 heteroatoms. The molecule has 1 rings (SSSR count). The van der Waals surface area contributed by atoms with Crippen LogP contribution in [-0.4, -0.2) is 18.6 Å². The van der Waals surface area contributed by atoms with Crippen molar-refractivity contribution in [3.8, 4) is 0 Å². The van der Waals surface area contributed by atoms with Crippen molar-refractivity contribution >= 4 is 11.6 Å². The van der Waals surface area contributed by atoms with Crippen LogP contribution in [0.15, 0.2) is 0 Å². The first-order valence-electron chi connectivity index (χ1n) is 5.32. The van der Waals surface area contributed by atoms with Crippen molar-refractivity contribution in [3.05, 3.63) is 0 Å². The lowest BCUT2D eigenvalue weighted by molar-refractivity contribution is 0.00499. The highest BCUT2D eigenvalue weighted by Gasteiger charge is 2.26. The quantitative estimate of drug-likeness (QED) is 0.502. The molecule has 0 aliphatic heterocycles. The SMILES string of the molecule is CC1(C)CCC(OCCCCl)CC1. The van der Waals surface area contributed by atoms with E-state index in [0.717, 1.165) is 18.9 Å². The van der Waals surface area contributed by atoms with Crippen LogP contribution in [0.1, 0.15) is 46.0 Å². The number of halogens is 1. The van der Waals surface area contributed by atoms with Crippen LogP contribution in [-0.2, 0) is 4.74 Å². The number of ether oxygens (including phenoxy) is 1. The molecule has 1 aliphatic rings. The lowest BCUT2D eigenvalue weighted by Crippen LogP contribution is -2.26. The monoisotopic (exact) mass is 204 g/mol. The molecule has 0 heterocycles. The van der Waals surface area contributed by atoms with Gasteiger partial charge >= 0.3 is 0 Å². The molecule has 0 spiro atoms. The topological polar surface area (TPSA) is 9.23 Å². The van der Waals surface area contributed by atoms with Gasteiger partial charge in [-0.05, 0) is 37.5 Å². The number of hydrogen-bond acceptors (Lipinski definition) is 1. The molecule has 1 aliphatic carbocycles. The van der Waals surface area contributed by atoms with E-state index in [9.17, 15) is 0 Å². The third kappa shape index (κ3) is 4.33. The molecule has 1 nitrogen and oxygen atoms in total. The lowest BCUT2D eigenvalue weighted by Gasteiger charge is -2.34. The van der Waals surface area contributed by atoms with Crippen LogP contribution in [0, 0.1) is 5.41 Å². The standard InChI is InChI=1S/C11H21ClO/c1-11(2)6-4-10(5-7-11)13-9-3-8-12/h10H,3-9H2,1-2H3. The van der Waals surface area contributed by atoms with E-state index in [1.807, 2.05) is 0 Å². The van der Waals surface area contributed by atoms with Crippen molar-refractivity contribution in [1.82, 2.24) is 0 Å². The van der Waals surface area contributed by atoms with Crippen LogP contribution in [0.3, 0.4) is 0 Å². The molecule has 0 atom stereocenters. The van der Waals surface area contributed by atoms with Gasteiger partial charge in [0.15, 0.2) is 0 Å². The average Bonchev–Trinajstić information content (AvgIpc) is 2.08. The van der Waals surface area contributed by atoms with Crippen molar-refractivity contribution < 1.29 is 4.74 Å². The molecule has 0 amide bonds. The van der Waals surface area contributed by atoms with Crippen molar-refractivity contribution in [2.75, 3.05) is 12.5 Å². The lowest BCUT2D eigenvalue weighted by atomic mass is 9.76. The zero-order valence-corrected chi connectivity index (χ0v) is 9.57. The summed E-state index contributed by atoms with van der Waals surface area (Å²) in [5.74, 6) is 0.720. The van der Waals surface area contributed by atoms with Gasteiger partial charge in [-0.15, -0.1) is 11.6 Å². The highest BCUT2D eigenvalue weighted by atomic mass is 35.5. The number of hydrogen-bond donors (Lipinski definition) is 0. The number of rotatable bonds is 4. The fraction of sp³-hybridized carbons (Fsp3) is 1.00. The molecular formula is C11H21ClO. The Bertz CT molecular complexity index is 135. The Labute approximate surface area is 86.8 Å². The highest BCUT2D eigenvalue weighted by molar-refractivity contribution is 6.17. The van der Waals surface area contributed by atoms with E-state index in [-0.39, 0.29) is 0 Å². The second-order valence-corrected chi connectivity index (χ2v) is 5.15. The Morgan fingerprint density at radius 2 is 1.92 bits per heavy atom. The zero-order valence-electron chi connectivity index (χ0n) is 8.81. The maximum atomic E-state index is 5.73. The van der Waals surface area contributed by atoms with Gasteiger partial charge in [0.1, 0.15) is 0 Å². The highest BCUT2D eigenvalue weighted by Crippen LogP contribution is 2.36. The molecule has 78 valence electrons. The van der Waals surface area contributed by atoms with Crippen LogP contribution < -0.4 is 0 Å². The summed E-state index contributed by atoms with van der Waals surface area (Å²) in [6.45, 7) is 5.54. The molecule has 0 bridgehead atoms. The summed E-state index contributed by atoms with van der Waals surface area (Å²) in [5, 5.41) is 0. The normalized spacial score (nSPS) is 23.3. The first-order valence-corrected chi connectivity index (χ1v) is 5.85. The summed E-state index contributed by atoms with van der Waals surface area (Å²) in [6.07, 6.45) is 6.57. The summed E-state index contributed by atoms with van der Waals surface area (Å²) < 4.78 is 5.73. The number of alkyl halides is 1. The van der Waals surface area contributed by atoms with Crippen LogP contribution >= 0.6 is 11.6 Å². The third-order valence-corrected chi connectivity index (χ3v) is 3.18. The van der Waals surface area contributed by atoms with Gasteiger partial charge < -0.3 is 4.74 Å². The molecule has 0 N–H and O–H groups in total. The third-order valence-electron chi connectivity index (χ3n) is 2.92. The van der Waals surface area contributed by atoms with Crippen molar-refractivity contribution in [3.63, 3.8) is 0 Å². The minimum Gasteiger partial charge on any atom is -0.378 e. The fourth-order valence-electron chi connectivity index (χ4n) is 1.84. The Balaban J connectivity index is 2.11. The smallest absolute Gasteiger partial charge is 0.0575 e. The minimum absolute atomic E-state index is 0.510. The van der Waals surface area contributed by atoms with E-state index in [0.29, 0.717) is 11.5 Å². The van der Waals surface area contributed by atoms with E-state index in [1.54, 1.807) is 0 Å². The Morgan fingerprint density at radius 3 is 2.46 bits per heavy atom. The molecule has 0 aromatic carbocycles. The maximum Gasteiger partial charge on any atom is 0.0575 e. The van der Waals surface area contributed by atoms with E-state index in [1.165, 1.54) is 25.7 Å². The summed E-state index contributed by atoms with van der Waals surface area (Å²) >= 11 is 5.58. The molecule has 13 heavy (non-hydrogen) atoms. The van der Waals surface area contributed by atoms with Gasteiger partial charge in [0.2, 0.25) is 0 Å². The Hall–Kier alpha value is 0.250. The van der Waals surface area contributed by atoms with Crippen molar-refractivity contribution in [2.24, 2.45) is 5.41 Å². The predicted octanol–water partition coefficient (Wildman–Crippen LogP) is 3.60. The second kappa shape index (κ2) is 5.21.